The Balaban J connectivity index is 2.47. The van der Waals surface area contributed by atoms with Crippen LogP contribution in [-0.2, 0) is 0 Å². The second-order valence-corrected chi connectivity index (χ2v) is 5.23. The van der Waals surface area contributed by atoms with Crippen molar-refractivity contribution < 1.29 is 0 Å². The number of rotatable bonds is 5. The molecule has 0 aliphatic carbocycles. The molecule has 0 saturated heterocycles. The van der Waals surface area contributed by atoms with E-state index in [9.17, 15) is 0 Å². The number of nitrogens with two attached hydrogens (primary N) is 1. The van der Waals surface area contributed by atoms with Gasteiger partial charge in [-0.15, -0.1) is 0 Å². The SMILES string of the molecule is CN(C)CC(C)(C)CNc1ccc(N)nc1. The van der Waals surface area contributed by atoms with Gasteiger partial charge in [0.05, 0.1) is 11.9 Å². The first-order valence-electron chi connectivity index (χ1n) is 5.49. The van der Waals surface area contributed by atoms with E-state index < -0.39 is 0 Å². The number of hydrogen-bond acceptors (Lipinski definition) is 4. The highest BCUT2D eigenvalue weighted by Crippen LogP contribution is 2.17. The van der Waals surface area contributed by atoms with Crippen molar-refractivity contribution in [2.45, 2.75) is 13.8 Å². The average molecular weight is 222 g/mol. The molecule has 0 bridgehead atoms. The minimum Gasteiger partial charge on any atom is -0.384 e. The molecule has 0 aliphatic rings. The number of anilines is 2. The zero-order valence-corrected chi connectivity index (χ0v) is 10.6. The third-order valence-electron chi connectivity index (χ3n) is 2.30. The molecule has 1 heterocycles. The zero-order valence-electron chi connectivity index (χ0n) is 10.6. The molecule has 3 N–H and O–H groups in total. The molecule has 4 nitrogen and oxygen atoms in total. The van der Waals surface area contributed by atoms with Gasteiger partial charge in [0.2, 0.25) is 0 Å². The summed E-state index contributed by atoms with van der Waals surface area (Å²) in [5, 5.41) is 3.37. The second kappa shape index (κ2) is 5.16. The quantitative estimate of drug-likeness (QED) is 0.795. The maximum absolute atomic E-state index is 5.53. The van der Waals surface area contributed by atoms with E-state index in [0.29, 0.717) is 5.82 Å². The number of nitrogens with zero attached hydrogens (tertiary/aromatic N) is 2. The van der Waals surface area contributed by atoms with Crippen LogP contribution in [-0.4, -0.2) is 37.1 Å². The van der Waals surface area contributed by atoms with E-state index in [1.54, 1.807) is 12.3 Å². The van der Waals surface area contributed by atoms with Crippen molar-refractivity contribution in [1.82, 2.24) is 9.88 Å². The monoisotopic (exact) mass is 222 g/mol. The van der Waals surface area contributed by atoms with Crippen molar-refractivity contribution in [3.05, 3.63) is 18.3 Å². The maximum atomic E-state index is 5.53. The second-order valence-electron chi connectivity index (χ2n) is 5.23. The largest absolute Gasteiger partial charge is 0.384 e. The smallest absolute Gasteiger partial charge is 0.123 e. The number of nitrogens with one attached hydrogen (secondary N) is 1. The van der Waals surface area contributed by atoms with Gasteiger partial charge >= 0.3 is 0 Å². The Morgan fingerprint density at radius 1 is 1.38 bits per heavy atom. The molecule has 0 amide bonds. The van der Waals surface area contributed by atoms with Gasteiger partial charge in [0.25, 0.3) is 0 Å². The van der Waals surface area contributed by atoms with Crippen molar-refractivity contribution in [2.24, 2.45) is 5.41 Å². The summed E-state index contributed by atoms with van der Waals surface area (Å²) in [6.45, 7) is 6.44. The molecule has 1 aromatic rings. The molecule has 90 valence electrons. The van der Waals surface area contributed by atoms with E-state index in [4.69, 9.17) is 5.73 Å². The molecule has 0 radical (unpaired) electrons. The molecule has 16 heavy (non-hydrogen) atoms. The van der Waals surface area contributed by atoms with E-state index >= 15 is 0 Å². The van der Waals surface area contributed by atoms with Crippen LogP contribution >= 0.6 is 0 Å². The molecule has 0 unspecified atom stereocenters. The molecular weight excluding hydrogens is 200 g/mol. The van der Waals surface area contributed by atoms with E-state index in [0.717, 1.165) is 18.8 Å². The topological polar surface area (TPSA) is 54.2 Å². The van der Waals surface area contributed by atoms with Gasteiger partial charge in [-0.1, -0.05) is 13.8 Å². The summed E-state index contributed by atoms with van der Waals surface area (Å²) in [5.74, 6) is 0.554. The summed E-state index contributed by atoms with van der Waals surface area (Å²) in [7, 11) is 4.18. The Morgan fingerprint density at radius 3 is 2.56 bits per heavy atom. The highest BCUT2D eigenvalue weighted by atomic mass is 15.1. The van der Waals surface area contributed by atoms with Crippen molar-refractivity contribution in [3.63, 3.8) is 0 Å². The van der Waals surface area contributed by atoms with Gasteiger partial charge in [-0.3, -0.25) is 0 Å². The lowest BCUT2D eigenvalue weighted by atomic mass is 9.93. The molecule has 0 aromatic carbocycles. The Hall–Kier alpha value is -1.29. The fourth-order valence-corrected chi connectivity index (χ4v) is 1.76. The van der Waals surface area contributed by atoms with Crippen LogP contribution in [0.25, 0.3) is 0 Å². The summed E-state index contributed by atoms with van der Waals surface area (Å²) in [4.78, 5) is 6.24. The van der Waals surface area contributed by atoms with Crippen LogP contribution in [0.1, 0.15) is 13.8 Å². The van der Waals surface area contributed by atoms with Crippen LogP contribution in [0, 0.1) is 5.41 Å². The third-order valence-corrected chi connectivity index (χ3v) is 2.30. The first kappa shape index (κ1) is 12.8. The van der Waals surface area contributed by atoms with Crippen molar-refractivity contribution in [3.8, 4) is 0 Å². The number of nitrogen functional groups attached to an aromatic ring is 1. The minimum atomic E-state index is 0.227. The first-order valence-corrected chi connectivity index (χ1v) is 5.49. The number of hydrogen-bond donors (Lipinski definition) is 2. The number of aromatic nitrogens is 1. The van der Waals surface area contributed by atoms with Crippen LogP contribution in [0.3, 0.4) is 0 Å². The van der Waals surface area contributed by atoms with Gasteiger partial charge in [0.15, 0.2) is 0 Å². The molecule has 1 rings (SSSR count). The van der Waals surface area contributed by atoms with Crippen LogP contribution in [0.2, 0.25) is 0 Å². The van der Waals surface area contributed by atoms with Gasteiger partial charge in [-0.2, -0.15) is 0 Å². The predicted octanol–water partition coefficient (Wildman–Crippen LogP) is 1.66. The van der Waals surface area contributed by atoms with Gasteiger partial charge in [-0.25, -0.2) is 4.98 Å². The molecule has 4 heteroatoms. The van der Waals surface area contributed by atoms with E-state index in [1.165, 1.54) is 0 Å². The van der Waals surface area contributed by atoms with Crippen LogP contribution in [0.4, 0.5) is 11.5 Å². The Bertz CT molecular complexity index is 316. The maximum Gasteiger partial charge on any atom is 0.123 e. The van der Waals surface area contributed by atoms with Crippen LogP contribution < -0.4 is 11.1 Å². The fraction of sp³-hybridized carbons (Fsp3) is 0.583. The highest BCUT2D eigenvalue weighted by molar-refractivity contribution is 5.45. The van der Waals surface area contributed by atoms with E-state index in [2.05, 4.69) is 43.1 Å². The van der Waals surface area contributed by atoms with Crippen molar-refractivity contribution in [1.29, 1.82) is 0 Å². The molecule has 0 aliphatic heterocycles. The van der Waals surface area contributed by atoms with Crippen molar-refractivity contribution >= 4 is 11.5 Å². The molecule has 0 saturated carbocycles. The first-order chi connectivity index (χ1) is 7.39. The predicted molar refractivity (Wildman–Crippen MR) is 69.5 cm³/mol. The van der Waals surface area contributed by atoms with E-state index in [-0.39, 0.29) is 5.41 Å². The van der Waals surface area contributed by atoms with E-state index in [1.807, 2.05) is 6.07 Å². The van der Waals surface area contributed by atoms with Crippen LogP contribution in [0.5, 0.6) is 0 Å². The average Bonchev–Trinajstić information content (AvgIpc) is 2.15. The standard InChI is InChI=1S/C12H22N4/c1-12(2,9-16(3)4)8-15-10-5-6-11(13)14-7-10/h5-7,15H,8-9H2,1-4H3,(H2,13,14). The highest BCUT2D eigenvalue weighted by Gasteiger charge is 2.18. The Morgan fingerprint density at radius 2 is 2.06 bits per heavy atom. The molecule has 0 fully saturated rings. The third kappa shape index (κ3) is 4.49. The fourth-order valence-electron chi connectivity index (χ4n) is 1.76. The Kier molecular flexibility index (Phi) is 4.12. The minimum absolute atomic E-state index is 0.227. The summed E-state index contributed by atoms with van der Waals surface area (Å²) < 4.78 is 0. The molecule has 0 spiro atoms. The van der Waals surface area contributed by atoms with Crippen molar-refractivity contribution in [2.75, 3.05) is 38.2 Å². The lowest BCUT2D eigenvalue weighted by Crippen LogP contribution is -2.34. The summed E-state index contributed by atoms with van der Waals surface area (Å²) in [6.07, 6.45) is 1.76. The van der Waals surface area contributed by atoms with Gasteiger partial charge in [0, 0.05) is 13.1 Å². The van der Waals surface area contributed by atoms with Gasteiger partial charge in [0.1, 0.15) is 5.82 Å². The van der Waals surface area contributed by atoms with Gasteiger partial charge < -0.3 is 16.0 Å². The lowest BCUT2D eigenvalue weighted by Gasteiger charge is -2.28. The number of pyridine rings is 1. The lowest BCUT2D eigenvalue weighted by molar-refractivity contribution is 0.254. The van der Waals surface area contributed by atoms with Gasteiger partial charge in [-0.05, 0) is 31.6 Å². The summed E-state index contributed by atoms with van der Waals surface area (Å²) in [6, 6.07) is 3.76. The summed E-state index contributed by atoms with van der Waals surface area (Å²) >= 11 is 0. The Labute approximate surface area is 97.9 Å². The molecular formula is C12H22N4. The van der Waals surface area contributed by atoms with Crippen LogP contribution in [0.15, 0.2) is 18.3 Å². The normalized spacial score (nSPS) is 11.8. The summed E-state index contributed by atoms with van der Waals surface area (Å²) in [5.41, 5.74) is 6.77. The zero-order chi connectivity index (χ0) is 12.2. The molecule has 1 aromatic heterocycles. The molecule has 0 atom stereocenters.